The second kappa shape index (κ2) is 3.45. The molecule has 0 fully saturated rings. The summed E-state index contributed by atoms with van der Waals surface area (Å²) in [6.07, 6.45) is 0.336. The zero-order valence-corrected chi connectivity index (χ0v) is 6.41. The molecule has 1 aromatic rings. The Kier molecular flexibility index (Phi) is 2.56. The van der Waals surface area contributed by atoms with E-state index in [9.17, 15) is 4.79 Å². The first-order chi connectivity index (χ1) is 5.20. The number of aliphatic hydroxyl groups is 1. The lowest BCUT2D eigenvalue weighted by Crippen LogP contribution is -2.21. The number of carboxylic acids is 1. The fourth-order valence-electron chi connectivity index (χ4n) is 0.606. The van der Waals surface area contributed by atoms with Crippen LogP contribution in [0.3, 0.4) is 0 Å². The molecule has 5 heteroatoms. The SMILES string of the molecule is O=C(O)[C@@H](O)Cc1nccs1. The number of aliphatic carboxylic acids is 1. The Hall–Kier alpha value is -0.940. The fourth-order valence-corrected chi connectivity index (χ4v) is 1.26. The first-order valence-corrected chi connectivity index (χ1v) is 3.87. The molecule has 4 nitrogen and oxygen atoms in total. The maximum atomic E-state index is 10.2. The van der Waals surface area contributed by atoms with Crippen LogP contribution in [-0.2, 0) is 11.2 Å². The maximum Gasteiger partial charge on any atom is 0.332 e. The Labute approximate surface area is 67.1 Å². The average Bonchev–Trinajstić information content (AvgIpc) is 2.39. The summed E-state index contributed by atoms with van der Waals surface area (Å²) in [6, 6.07) is 0. The Morgan fingerprint density at radius 2 is 2.55 bits per heavy atom. The summed E-state index contributed by atoms with van der Waals surface area (Å²) in [4.78, 5) is 14.0. The zero-order chi connectivity index (χ0) is 8.27. The molecule has 0 saturated carbocycles. The summed E-state index contributed by atoms with van der Waals surface area (Å²) >= 11 is 1.33. The van der Waals surface area contributed by atoms with Crippen LogP contribution in [0.15, 0.2) is 11.6 Å². The molecule has 0 aliphatic rings. The molecule has 0 aliphatic carbocycles. The van der Waals surface area contributed by atoms with Crippen LogP contribution in [0.4, 0.5) is 0 Å². The van der Waals surface area contributed by atoms with Crippen molar-refractivity contribution in [2.75, 3.05) is 0 Å². The van der Waals surface area contributed by atoms with Crippen molar-refractivity contribution < 1.29 is 15.0 Å². The van der Waals surface area contributed by atoms with E-state index in [0.717, 1.165) is 0 Å². The van der Waals surface area contributed by atoms with Crippen LogP contribution in [0, 0.1) is 0 Å². The predicted octanol–water partition coefficient (Wildman–Crippen LogP) is 0.131. The molecule has 1 heterocycles. The highest BCUT2D eigenvalue weighted by atomic mass is 32.1. The highest BCUT2D eigenvalue weighted by Gasteiger charge is 2.14. The Morgan fingerprint density at radius 1 is 1.82 bits per heavy atom. The highest BCUT2D eigenvalue weighted by Crippen LogP contribution is 2.06. The van der Waals surface area contributed by atoms with Crippen molar-refractivity contribution in [1.82, 2.24) is 4.98 Å². The summed E-state index contributed by atoms with van der Waals surface area (Å²) in [5.74, 6) is -1.21. The van der Waals surface area contributed by atoms with E-state index in [1.54, 1.807) is 11.6 Å². The van der Waals surface area contributed by atoms with Gasteiger partial charge in [0.15, 0.2) is 6.10 Å². The lowest BCUT2D eigenvalue weighted by Gasteiger charge is -2.00. The third-order valence-corrected chi connectivity index (χ3v) is 1.94. The number of aromatic nitrogens is 1. The number of hydrogen-bond donors (Lipinski definition) is 2. The van der Waals surface area contributed by atoms with Crippen LogP contribution in [0.25, 0.3) is 0 Å². The first kappa shape index (κ1) is 8.16. The quantitative estimate of drug-likeness (QED) is 0.681. The van der Waals surface area contributed by atoms with Gasteiger partial charge in [0.25, 0.3) is 0 Å². The van der Waals surface area contributed by atoms with Gasteiger partial charge in [-0.3, -0.25) is 0 Å². The first-order valence-electron chi connectivity index (χ1n) is 2.99. The van der Waals surface area contributed by atoms with Gasteiger partial charge in [-0.15, -0.1) is 11.3 Å². The van der Waals surface area contributed by atoms with Crippen molar-refractivity contribution in [1.29, 1.82) is 0 Å². The topological polar surface area (TPSA) is 70.4 Å². The minimum Gasteiger partial charge on any atom is -0.479 e. The lowest BCUT2D eigenvalue weighted by atomic mass is 10.3. The van der Waals surface area contributed by atoms with Gasteiger partial charge in [-0.25, -0.2) is 9.78 Å². The zero-order valence-electron chi connectivity index (χ0n) is 5.60. The van der Waals surface area contributed by atoms with Crippen LogP contribution in [-0.4, -0.2) is 27.3 Å². The van der Waals surface area contributed by atoms with Gasteiger partial charge in [0.1, 0.15) is 0 Å². The molecular weight excluding hydrogens is 166 g/mol. The van der Waals surface area contributed by atoms with Crippen LogP contribution in [0.2, 0.25) is 0 Å². The normalized spacial score (nSPS) is 12.8. The summed E-state index contributed by atoms with van der Waals surface area (Å²) in [6.45, 7) is 0. The predicted molar refractivity (Wildman–Crippen MR) is 39.5 cm³/mol. The van der Waals surface area contributed by atoms with Crippen molar-refractivity contribution in [3.63, 3.8) is 0 Å². The lowest BCUT2D eigenvalue weighted by molar-refractivity contribution is -0.146. The third-order valence-electron chi connectivity index (χ3n) is 1.14. The number of nitrogens with zero attached hydrogens (tertiary/aromatic N) is 1. The van der Waals surface area contributed by atoms with Crippen molar-refractivity contribution >= 4 is 17.3 Å². The second-order valence-electron chi connectivity index (χ2n) is 1.98. The van der Waals surface area contributed by atoms with Crippen molar-refractivity contribution in [3.05, 3.63) is 16.6 Å². The fraction of sp³-hybridized carbons (Fsp3) is 0.333. The van der Waals surface area contributed by atoms with E-state index in [-0.39, 0.29) is 6.42 Å². The van der Waals surface area contributed by atoms with Crippen LogP contribution < -0.4 is 0 Å². The van der Waals surface area contributed by atoms with Gasteiger partial charge in [0.05, 0.1) is 5.01 Å². The molecule has 0 amide bonds. The van der Waals surface area contributed by atoms with Gasteiger partial charge in [0.2, 0.25) is 0 Å². The van der Waals surface area contributed by atoms with E-state index >= 15 is 0 Å². The molecule has 0 aliphatic heterocycles. The number of hydrogen-bond acceptors (Lipinski definition) is 4. The molecule has 0 aromatic carbocycles. The van der Waals surface area contributed by atoms with Gasteiger partial charge < -0.3 is 10.2 Å². The molecule has 11 heavy (non-hydrogen) atoms. The number of thiazole rings is 1. The van der Waals surface area contributed by atoms with Gasteiger partial charge in [-0.2, -0.15) is 0 Å². The number of aliphatic hydroxyl groups excluding tert-OH is 1. The number of carboxylic acid groups (broad SMARTS) is 1. The molecule has 1 atom stereocenters. The van der Waals surface area contributed by atoms with E-state index in [0.29, 0.717) is 5.01 Å². The van der Waals surface area contributed by atoms with E-state index < -0.39 is 12.1 Å². The van der Waals surface area contributed by atoms with Crippen LogP contribution in [0.1, 0.15) is 5.01 Å². The van der Waals surface area contributed by atoms with Crippen molar-refractivity contribution in [3.8, 4) is 0 Å². The van der Waals surface area contributed by atoms with Crippen LogP contribution >= 0.6 is 11.3 Å². The summed E-state index contributed by atoms with van der Waals surface area (Å²) in [5, 5.41) is 19.6. The minimum absolute atomic E-state index is 0.0903. The smallest absolute Gasteiger partial charge is 0.332 e. The highest BCUT2D eigenvalue weighted by molar-refractivity contribution is 7.09. The average molecular weight is 173 g/mol. The molecule has 0 unspecified atom stereocenters. The number of rotatable bonds is 3. The number of carbonyl (C=O) groups is 1. The van der Waals surface area contributed by atoms with E-state index in [2.05, 4.69) is 4.98 Å². The maximum absolute atomic E-state index is 10.2. The standard InChI is InChI=1S/C6H7NO3S/c8-4(6(9)10)3-5-7-1-2-11-5/h1-2,4,8H,3H2,(H,9,10)/t4-/m0/s1. The Bertz CT molecular complexity index is 234. The summed E-state index contributed by atoms with van der Waals surface area (Å²) in [7, 11) is 0. The molecule has 1 aromatic heterocycles. The van der Waals surface area contributed by atoms with E-state index in [1.807, 2.05) is 0 Å². The van der Waals surface area contributed by atoms with Gasteiger partial charge in [-0.1, -0.05) is 0 Å². The Balaban J connectivity index is 2.50. The van der Waals surface area contributed by atoms with Crippen molar-refractivity contribution in [2.24, 2.45) is 0 Å². The van der Waals surface area contributed by atoms with Gasteiger partial charge >= 0.3 is 5.97 Å². The summed E-state index contributed by atoms with van der Waals surface area (Å²) in [5.41, 5.74) is 0. The Morgan fingerprint density at radius 3 is 3.00 bits per heavy atom. The molecule has 0 saturated heterocycles. The van der Waals surface area contributed by atoms with Crippen LogP contribution in [0.5, 0.6) is 0 Å². The monoisotopic (exact) mass is 173 g/mol. The van der Waals surface area contributed by atoms with E-state index in [4.69, 9.17) is 10.2 Å². The molecule has 2 N–H and O–H groups in total. The summed E-state index contributed by atoms with van der Waals surface area (Å²) < 4.78 is 0. The molecule has 0 bridgehead atoms. The molecule has 0 radical (unpaired) electrons. The molecule has 1 rings (SSSR count). The molecular formula is C6H7NO3S. The largest absolute Gasteiger partial charge is 0.479 e. The molecule has 0 spiro atoms. The molecule has 60 valence electrons. The minimum atomic E-state index is -1.33. The third kappa shape index (κ3) is 2.28. The van der Waals surface area contributed by atoms with E-state index in [1.165, 1.54) is 11.3 Å². The second-order valence-corrected chi connectivity index (χ2v) is 2.96. The van der Waals surface area contributed by atoms with Gasteiger partial charge in [0, 0.05) is 18.0 Å². The van der Waals surface area contributed by atoms with Gasteiger partial charge in [-0.05, 0) is 0 Å². The van der Waals surface area contributed by atoms with Crippen molar-refractivity contribution in [2.45, 2.75) is 12.5 Å².